The molecule has 3 unspecified atom stereocenters. The highest BCUT2D eigenvalue weighted by Crippen LogP contribution is 2.30. The lowest BCUT2D eigenvalue weighted by atomic mass is 9.86. The Kier molecular flexibility index (Phi) is 44.4. The molecule has 70 heavy (non-hydrogen) atoms. The highest BCUT2D eigenvalue weighted by molar-refractivity contribution is 5.94. The molecular weight excluding hydrogens is 877 g/mol. The molecule has 0 aromatic rings. The molecule has 1 rings (SSSR count). The maximum Gasteiger partial charge on any atom is 0.317 e. The molecule has 1 saturated heterocycles. The van der Waals surface area contributed by atoms with Gasteiger partial charge in [0, 0.05) is 19.3 Å². The second-order valence-electron chi connectivity index (χ2n) is 19.3. The van der Waals surface area contributed by atoms with Gasteiger partial charge in [-0.25, -0.2) is 0 Å². The maximum absolute atomic E-state index is 12.9. The van der Waals surface area contributed by atoms with Crippen LogP contribution in [-0.2, 0) is 42.9 Å². The molecule has 0 amide bonds. The number of carbonyl (C=O) groups is 5. The van der Waals surface area contributed by atoms with Crippen LogP contribution in [0.2, 0.25) is 0 Å². The predicted molar refractivity (Wildman–Crippen MR) is 288 cm³/mol. The van der Waals surface area contributed by atoms with Crippen LogP contribution in [0.3, 0.4) is 0 Å². The first-order valence-electron chi connectivity index (χ1n) is 28.5. The summed E-state index contributed by atoms with van der Waals surface area (Å²) in [7, 11) is 0. The number of hydrogen-bond acceptors (Lipinski definition) is 9. The van der Waals surface area contributed by atoms with Crippen molar-refractivity contribution in [2.24, 2.45) is 11.8 Å². The van der Waals surface area contributed by atoms with E-state index in [0.29, 0.717) is 19.3 Å². The van der Waals surface area contributed by atoms with Gasteiger partial charge >= 0.3 is 29.8 Å². The Balaban J connectivity index is 2.41. The van der Waals surface area contributed by atoms with E-state index < -0.39 is 18.0 Å². The van der Waals surface area contributed by atoms with E-state index in [1.807, 2.05) is 18.2 Å². The fourth-order valence-electron chi connectivity index (χ4n) is 8.43. The van der Waals surface area contributed by atoms with Gasteiger partial charge < -0.3 is 18.9 Å². The molecule has 0 saturated carbocycles. The molecular formula is C61H100O9. The molecule has 0 N–H and O–H groups in total. The molecule has 9 heteroatoms. The molecule has 9 nitrogen and oxygen atoms in total. The molecule has 1 fully saturated rings. The van der Waals surface area contributed by atoms with Crippen molar-refractivity contribution in [1.29, 1.82) is 0 Å². The van der Waals surface area contributed by atoms with Gasteiger partial charge in [0.05, 0.1) is 12.3 Å². The Hall–Kier alpha value is -4.01. The molecule has 0 spiro atoms. The van der Waals surface area contributed by atoms with Gasteiger partial charge in [-0.15, -0.1) is 0 Å². The minimum Gasteiger partial charge on any atom is -0.462 e. The van der Waals surface area contributed by atoms with E-state index in [1.165, 1.54) is 51.4 Å². The van der Waals surface area contributed by atoms with Gasteiger partial charge in [-0.3, -0.25) is 24.0 Å². The van der Waals surface area contributed by atoms with Crippen molar-refractivity contribution in [1.82, 2.24) is 0 Å². The number of allylic oxidation sites excluding steroid dienone is 12. The topological polar surface area (TPSA) is 122 Å². The van der Waals surface area contributed by atoms with Gasteiger partial charge in [-0.2, -0.15) is 0 Å². The number of esters is 5. The third kappa shape index (κ3) is 40.7. The number of ether oxygens (including phenoxy) is 4. The highest BCUT2D eigenvalue weighted by atomic mass is 16.6. The lowest BCUT2D eigenvalue weighted by Gasteiger charge is -2.18. The van der Waals surface area contributed by atoms with Gasteiger partial charge in [0.15, 0.2) is 6.10 Å². The molecule has 3 atom stereocenters. The average molecular weight is 977 g/mol. The minimum atomic E-state index is -0.835. The van der Waals surface area contributed by atoms with Crippen LogP contribution in [0.5, 0.6) is 0 Å². The fourth-order valence-corrected chi connectivity index (χ4v) is 8.43. The summed E-state index contributed by atoms with van der Waals surface area (Å²) >= 11 is 0. The number of hydrogen-bond donors (Lipinski definition) is 0. The largest absolute Gasteiger partial charge is 0.462 e. The maximum atomic E-state index is 12.9. The molecule has 398 valence electrons. The molecule has 0 bridgehead atoms. The number of carbonyl (C=O) groups excluding carboxylic acids is 5. The Bertz CT molecular complexity index is 1500. The lowest BCUT2D eigenvalue weighted by molar-refractivity contribution is -0.167. The van der Waals surface area contributed by atoms with Gasteiger partial charge in [-0.05, 0) is 102 Å². The zero-order valence-corrected chi connectivity index (χ0v) is 44.7. The van der Waals surface area contributed by atoms with Crippen LogP contribution in [0.4, 0.5) is 0 Å². The van der Waals surface area contributed by atoms with E-state index >= 15 is 0 Å². The second-order valence-corrected chi connectivity index (χ2v) is 19.3. The van der Waals surface area contributed by atoms with E-state index in [1.54, 1.807) is 0 Å². The van der Waals surface area contributed by atoms with Crippen molar-refractivity contribution in [3.63, 3.8) is 0 Å². The van der Waals surface area contributed by atoms with Crippen LogP contribution < -0.4 is 0 Å². The monoisotopic (exact) mass is 977 g/mol. The number of cyclic esters (lactones) is 2. The summed E-state index contributed by atoms with van der Waals surface area (Å²) in [6.07, 6.45) is 60.6. The van der Waals surface area contributed by atoms with E-state index in [9.17, 15) is 24.0 Å². The molecule has 1 heterocycles. The average Bonchev–Trinajstić information content (AvgIpc) is 3.69. The molecule has 0 aromatic heterocycles. The van der Waals surface area contributed by atoms with Gasteiger partial charge in [0.1, 0.15) is 13.2 Å². The Morgan fingerprint density at radius 2 is 0.929 bits per heavy atom. The van der Waals surface area contributed by atoms with Crippen molar-refractivity contribution in [3.8, 4) is 0 Å². The van der Waals surface area contributed by atoms with Crippen LogP contribution in [0.15, 0.2) is 72.9 Å². The molecule has 1 aliphatic heterocycles. The summed E-state index contributed by atoms with van der Waals surface area (Å²) in [5, 5.41) is 0. The molecule has 0 radical (unpaired) electrons. The minimum absolute atomic E-state index is 0.0129. The summed E-state index contributed by atoms with van der Waals surface area (Å²) < 4.78 is 21.6. The summed E-state index contributed by atoms with van der Waals surface area (Å²) in [6.45, 7) is 6.29. The second kappa shape index (κ2) is 48.6. The summed E-state index contributed by atoms with van der Waals surface area (Å²) in [4.78, 5) is 62.1. The van der Waals surface area contributed by atoms with Crippen LogP contribution in [-0.4, -0.2) is 49.2 Å². The molecule has 0 aromatic carbocycles. The zero-order chi connectivity index (χ0) is 50.8. The Labute approximate surface area is 427 Å². The number of unbranched alkanes of at least 4 members (excludes halogenated alkanes) is 23. The first-order valence-corrected chi connectivity index (χ1v) is 28.5. The summed E-state index contributed by atoms with van der Waals surface area (Å²) in [5.74, 6) is -2.21. The molecule has 1 aliphatic rings. The van der Waals surface area contributed by atoms with Gasteiger partial charge in [0.25, 0.3) is 0 Å². The van der Waals surface area contributed by atoms with Crippen LogP contribution >= 0.6 is 0 Å². The smallest absolute Gasteiger partial charge is 0.317 e. The highest BCUT2D eigenvalue weighted by Gasteiger charge is 2.37. The van der Waals surface area contributed by atoms with Crippen LogP contribution in [0.1, 0.15) is 252 Å². The van der Waals surface area contributed by atoms with Crippen molar-refractivity contribution < 1.29 is 42.9 Å². The van der Waals surface area contributed by atoms with Crippen molar-refractivity contribution in [3.05, 3.63) is 72.9 Å². The van der Waals surface area contributed by atoms with Crippen LogP contribution in [0, 0.1) is 11.8 Å². The third-order valence-corrected chi connectivity index (χ3v) is 12.8. The zero-order valence-electron chi connectivity index (χ0n) is 44.7. The predicted octanol–water partition coefficient (Wildman–Crippen LogP) is 16.7. The van der Waals surface area contributed by atoms with Crippen molar-refractivity contribution in [2.45, 2.75) is 258 Å². The first kappa shape index (κ1) is 64.0. The third-order valence-electron chi connectivity index (χ3n) is 12.8. The van der Waals surface area contributed by atoms with E-state index in [4.69, 9.17) is 18.9 Å². The number of rotatable bonds is 48. The first-order chi connectivity index (χ1) is 34.3. The Morgan fingerprint density at radius 3 is 1.43 bits per heavy atom. The standard InChI is InChI=1S/C61H100O9/c1-4-7-10-12-14-16-18-20-22-24-26-30-34-38-43-48-57(62)67-52-55(53-68-58(63)49-44-39-35-31-27-25-23-21-19-17-15-13-11-8-5-2)69-59(64)50-45-40-36-32-28-29-33-37-42-47-54(46-41-9-6-3)56-51-60(65)70-61(56)66/h7,10,14,16,20-23,33,37,42,47,54-56H,4-6,8-9,11-13,15,17-19,24-32,34-36,38-41,43-46,48-53H2,1-3H3/b10-7-,16-14-,22-20-,23-21-,37-33-,47-42+. The summed E-state index contributed by atoms with van der Waals surface area (Å²) in [5.41, 5.74) is 0. The van der Waals surface area contributed by atoms with E-state index in [0.717, 1.165) is 148 Å². The van der Waals surface area contributed by atoms with E-state index in [-0.39, 0.29) is 55.8 Å². The normalized spacial score (nSPS) is 15.2. The Morgan fingerprint density at radius 1 is 0.500 bits per heavy atom. The molecule has 0 aliphatic carbocycles. The quantitative estimate of drug-likeness (QED) is 0.0146. The van der Waals surface area contributed by atoms with Crippen molar-refractivity contribution >= 4 is 29.8 Å². The van der Waals surface area contributed by atoms with Crippen LogP contribution in [0.25, 0.3) is 0 Å². The fraction of sp³-hybridized carbons (Fsp3) is 0.721. The summed E-state index contributed by atoms with van der Waals surface area (Å²) in [6, 6.07) is 0. The van der Waals surface area contributed by atoms with E-state index in [2.05, 4.69) is 75.5 Å². The van der Waals surface area contributed by atoms with Gasteiger partial charge in [-0.1, -0.05) is 203 Å². The lowest BCUT2D eigenvalue weighted by Crippen LogP contribution is -2.30. The SMILES string of the molecule is CC/C=C\C/C=C\C/C=C\CCCCCCCC(=O)OCC(COC(=O)CCCCCCC/C=C\CCCCCCCC)OC(=O)CCCCCCC/C=C\C=C\C(CCCCC)C1CC(=O)OC1=O. The van der Waals surface area contributed by atoms with Gasteiger partial charge in [0.2, 0.25) is 0 Å². The van der Waals surface area contributed by atoms with Crippen molar-refractivity contribution in [2.75, 3.05) is 13.2 Å².